The number of aromatic nitrogens is 2. The lowest BCUT2D eigenvalue weighted by Crippen LogP contribution is -2.44. The number of rotatable bonds is 6. The number of piperidine rings is 1. The van der Waals surface area contributed by atoms with Gasteiger partial charge in [-0.05, 0) is 93.6 Å². The van der Waals surface area contributed by atoms with Gasteiger partial charge >= 0.3 is 6.18 Å². The van der Waals surface area contributed by atoms with Crippen LogP contribution in [0.25, 0.3) is 5.69 Å². The van der Waals surface area contributed by atoms with Gasteiger partial charge in [0.2, 0.25) is 0 Å². The number of anilines is 1. The van der Waals surface area contributed by atoms with Crippen LogP contribution in [0.4, 0.5) is 18.9 Å². The average molecular weight is 551 g/mol. The number of likely N-dealkylation sites (tertiary alicyclic amines) is 1. The number of carbonyl (C=O) groups is 1. The lowest BCUT2D eigenvalue weighted by Gasteiger charge is -2.34. The lowest BCUT2D eigenvalue weighted by molar-refractivity contribution is -0.142. The number of amides is 1. The third kappa shape index (κ3) is 4.21. The van der Waals surface area contributed by atoms with Gasteiger partial charge in [-0.1, -0.05) is 18.6 Å². The molecule has 4 aliphatic rings. The van der Waals surface area contributed by atoms with Crippen LogP contribution in [0.15, 0.2) is 48.5 Å². The molecule has 1 spiro atoms. The van der Waals surface area contributed by atoms with Crippen molar-refractivity contribution in [2.75, 3.05) is 38.2 Å². The summed E-state index contributed by atoms with van der Waals surface area (Å²) >= 11 is 0. The number of methoxy groups -OCH3 is 1. The van der Waals surface area contributed by atoms with Crippen molar-refractivity contribution < 1.29 is 22.7 Å². The summed E-state index contributed by atoms with van der Waals surface area (Å²) in [6, 6.07) is 14.8. The number of alkyl halides is 3. The van der Waals surface area contributed by atoms with Crippen LogP contribution in [-0.4, -0.2) is 53.9 Å². The third-order valence-corrected chi connectivity index (χ3v) is 9.38. The molecule has 40 heavy (non-hydrogen) atoms. The van der Waals surface area contributed by atoms with Crippen molar-refractivity contribution in [1.29, 1.82) is 0 Å². The maximum Gasteiger partial charge on any atom is 0.435 e. The molecule has 1 aromatic heterocycles. The fraction of sp³-hybridized carbons (Fsp3) is 0.484. The Bertz CT molecular complexity index is 1430. The Morgan fingerprint density at radius 1 is 0.900 bits per heavy atom. The summed E-state index contributed by atoms with van der Waals surface area (Å²) in [5.74, 6) is 0.120. The molecule has 0 unspecified atom stereocenters. The summed E-state index contributed by atoms with van der Waals surface area (Å²) < 4.78 is 49.1. The van der Waals surface area contributed by atoms with E-state index in [0.29, 0.717) is 24.3 Å². The molecule has 6 nitrogen and oxygen atoms in total. The fourth-order valence-electron chi connectivity index (χ4n) is 6.80. The highest BCUT2D eigenvalue weighted by molar-refractivity contribution is 6.08. The first-order valence-corrected chi connectivity index (χ1v) is 14.2. The standard InChI is InChI=1S/C31H33F3N4O2/c1-40-24-11-9-23(10-12-24)38-26-25(27(35-38)31(32,33)34)30(15-16-30)20-37(28(26)39)22-7-5-21(6-8-22)29(13-14-29)19-36-17-3-2-4-18-36/h5-12H,2-4,13-20H2,1H3. The number of halogens is 3. The first kappa shape index (κ1) is 25.6. The highest BCUT2D eigenvalue weighted by atomic mass is 19.4. The average Bonchev–Trinajstić information content (AvgIpc) is 3.88. The molecule has 210 valence electrons. The van der Waals surface area contributed by atoms with E-state index < -0.39 is 23.2 Å². The number of fused-ring (bicyclic) bond motifs is 2. The Morgan fingerprint density at radius 2 is 1.55 bits per heavy atom. The molecule has 2 aliphatic heterocycles. The number of carbonyl (C=O) groups excluding carboxylic acids is 1. The summed E-state index contributed by atoms with van der Waals surface area (Å²) in [5, 5.41) is 4.01. The van der Waals surface area contributed by atoms with Gasteiger partial charge in [0.1, 0.15) is 11.4 Å². The van der Waals surface area contributed by atoms with E-state index in [-0.39, 0.29) is 23.2 Å². The van der Waals surface area contributed by atoms with Crippen LogP contribution < -0.4 is 9.64 Å². The van der Waals surface area contributed by atoms with Crippen molar-refractivity contribution in [3.63, 3.8) is 0 Å². The summed E-state index contributed by atoms with van der Waals surface area (Å²) in [7, 11) is 1.52. The summed E-state index contributed by atoms with van der Waals surface area (Å²) in [6.07, 6.45) is 2.70. The maximum absolute atomic E-state index is 14.2. The van der Waals surface area contributed by atoms with Crippen LogP contribution in [0.1, 0.15) is 72.3 Å². The van der Waals surface area contributed by atoms with Crippen LogP contribution in [0.2, 0.25) is 0 Å². The van der Waals surface area contributed by atoms with E-state index in [0.717, 1.165) is 25.3 Å². The van der Waals surface area contributed by atoms with Gasteiger partial charge in [-0.25, -0.2) is 4.68 Å². The summed E-state index contributed by atoms with van der Waals surface area (Å²) in [4.78, 5) is 18.3. The third-order valence-electron chi connectivity index (χ3n) is 9.38. The molecule has 1 amide bonds. The van der Waals surface area contributed by atoms with Crippen molar-refractivity contribution >= 4 is 11.6 Å². The van der Waals surface area contributed by atoms with Crippen LogP contribution in [-0.2, 0) is 17.0 Å². The second kappa shape index (κ2) is 9.09. The Morgan fingerprint density at radius 3 is 2.12 bits per heavy atom. The van der Waals surface area contributed by atoms with E-state index in [1.54, 1.807) is 29.2 Å². The van der Waals surface area contributed by atoms with Crippen LogP contribution in [0.5, 0.6) is 5.75 Å². The van der Waals surface area contributed by atoms with Gasteiger partial charge in [0.15, 0.2) is 5.69 Å². The van der Waals surface area contributed by atoms with Gasteiger partial charge in [-0.15, -0.1) is 0 Å². The molecule has 9 heteroatoms. The van der Waals surface area contributed by atoms with E-state index in [4.69, 9.17) is 4.74 Å². The number of hydrogen-bond donors (Lipinski definition) is 0. The number of hydrogen-bond acceptors (Lipinski definition) is 4. The van der Waals surface area contributed by atoms with E-state index in [1.807, 2.05) is 12.1 Å². The zero-order valence-corrected chi connectivity index (χ0v) is 22.6. The molecule has 2 aliphatic carbocycles. The highest BCUT2D eigenvalue weighted by Crippen LogP contribution is 2.56. The summed E-state index contributed by atoms with van der Waals surface area (Å²) in [6.45, 7) is 3.62. The zero-order chi connectivity index (χ0) is 27.7. The van der Waals surface area contributed by atoms with Crippen LogP contribution in [0, 0.1) is 0 Å². The van der Waals surface area contributed by atoms with Gasteiger partial charge < -0.3 is 14.5 Å². The minimum Gasteiger partial charge on any atom is -0.497 e. The Hall–Kier alpha value is -3.33. The molecule has 2 aromatic carbocycles. The second-order valence-electron chi connectivity index (χ2n) is 12.0. The number of nitrogens with zero attached hydrogens (tertiary/aromatic N) is 4. The first-order chi connectivity index (χ1) is 19.2. The molecule has 0 atom stereocenters. The molecule has 0 N–H and O–H groups in total. The maximum atomic E-state index is 14.2. The predicted octanol–water partition coefficient (Wildman–Crippen LogP) is 6.11. The smallest absolute Gasteiger partial charge is 0.435 e. The second-order valence-corrected chi connectivity index (χ2v) is 12.0. The minimum absolute atomic E-state index is 0.00841. The largest absolute Gasteiger partial charge is 0.497 e. The molecule has 0 bridgehead atoms. The Kier molecular flexibility index (Phi) is 5.82. The van der Waals surface area contributed by atoms with E-state index in [1.165, 1.54) is 49.5 Å². The number of benzene rings is 2. The van der Waals surface area contributed by atoms with E-state index >= 15 is 0 Å². The molecule has 1 saturated heterocycles. The molecule has 7 rings (SSSR count). The molecular formula is C31H33F3N4O2. The zero-order valence-electron chi connectivity index (χ0n) is 22.6. The monoisotopic (exact) mass is 550 g/mol. The predicted molar refractivity (Wildman–Crippen MR) is 145 cm³/mol. The van der Waals surface area contributed by atoms with E-state index in [9.17, 15) is 18.0 Å². The molecule has 3 fully saturated rings. The molecule has 3 heterocycles. The van der Waals surface area contributed by atoms with Crippen LogP contribution in [0.3, 0.4) is 0 Å². The molecule has 3 aromatic rings. The van der Waals surface area contributed by atoms with Crippen LogP contribution >= 0.6 is 0 Å². The van der Waals surface area contributed by atoms with Gasteiger partial charge in [-0.3, -0.25) is 4.79 Å². The lowest BCUT2D eigenvalue weighted by atomic mass is 9.87. The highest BCUT2D eigenvalue weighted by Gasteiger charge is 2.58. The molecule has 0 radical (unpaired) electrons. The molecular weight excluding hydrogens is 517 g/mol. The normalized spacial score (nSPS) is 21.4. The van der Waals surface area contributed by atoms with Gasteiger partial charge in [0.25, 0.3) is 5.91 Å². The van der Waals surface area contributed by atoms with Crippen molar-refractivity contribution in [3.05, 3.63) is 71.0 Å². The summed E-state index contributed by atoms with van der Waals surface area (Å²) in [5.41, 5.74) is 0.951. The number of ether oxygens (including phenoxy) is 1. The van der Waals surface area contributed by atoms with E-state index in [2.05, 4.69) is 22.1 Å². The van der Waals surface area contributed by atoms with Crippen molar-refractivity contribution in [1.82, 2.24) is 14.7 Å². The minimum atomic E-state index is -4.66. The fourth-order valence-corrected chi connectivity index (χ4v) is 6.80. The van der Waals surface area contributed by atoms with Gasteiger partial charge in [0.05, 0.1) is 12.8 Å². The van der Waals surface area contributed by atoms with Crippen molar-refractivity contribution in [2.24, 2.45) is 0 Å². The Balaban J connectivity index is 1.24. The first-order valence-electron chi connectivity index (χ1n) is 14.2. The van der Waals surface area contributed by atoms with Crippen molar-refractivity contribution in [2.45, 2.75) is 62.0 Å². The quantitative estimate of drug-likeness (QED) is 0.372. The van der Waals surface area contributed by atoms with Crippen molar-refractivity contribution in [3.8, 4) is 11.4 Å². The SMILES string of the molecule is COc1ccc(-n2nc(C(F)(F)F)c3c2C(=O)N(c2ccc(C4(CN5CCCCC5)CC4)cc2)CC32CC2)cc1. The van der Waals surface area contributed by atoms with Gasteiger partial charge in [0, 0.05) is 35.2 Å². The Labute approximate surface area is 231 Å². The topological polar surface area (TPSA) is 50.6 Å². The van der Waals surface area contributed by atoms with Gasteiger partial charge in [-0.2, -0.15) is 18.3 Å². The molecule has 2 saturated carbocycles.